The first-order chi connectivity index (χ1) is 10.5. The number of nitrogens with zero attached hydrogens (tertiary/aromatic N) is 2. The summed E-state index contributed by atoms with van der Waals surface area (Å²) in [4.78, 5) is 26.8. The number of rotatable bonds is 2. The van der Waals surface area contributed by atoms with Gasteiger partial charge in [0.25, 0.3) is 11.6 Å². The molecular weight excluding hydrogens is 350 g/mol. The molecule has 0 saturated carbocycles. The van der Waals surface area contributed by atoms with Crippen LogP contribution >= 0.6 is 15.9 Å². The second-order valence-electron chi connectivity index (χ2n) is 4.84. The van der Waals surface area contributed by atoms with Crippen LogP contribution < -0.4 is 5.32 Å². The van der Waals surface area contributed by atoms with Crippen LogP contribution in [0.5, 0.6) is 0 Å². The van der Waals surface area contributed by atoms with Gasteiger partial charge in [0, 0.05) is 22.2 Å². The third-order valence-electron chi connectivity index (χ3n) is 3.31. The summed E-state index contributed by atoms with van der Waals surface area (Å²) in [5.74, 6) is -0.365. The minimum absolute atomic E-state index is 0.0741. The van der Waals surface area contributed by atoms with E-state index in [9.17, 15) is 14.9 Å². The van der Waals surface area contributed by atoms with Gasteiger partial charge >= 0.3 is 0 Å². The second-order valence-corrected chi connectivity index (χ2v) is 5.69. The summed E-state index contributed by atoms with van der Waals surface area (Å²) in [6, 6.07) is 9.67. The fraction of sp³-hybridized carbons (Fsp3) is 0.0667. The lowest BCUT2D eigenvalue weighted by molar-refractivity contribution is -0.384. The second kappa shape index (κ2) is 5.34. The average Bonchev–Trinajstić information content (AvgIpc) is 2.78. The molecule has 0 spiro atoms. The van der Waals surface area contributed by atoms with Gasteiger partial charge in [-0.05, 0) is 36.8 Å². The number of nitrogens with one attached hydrogen (secondary N) is 1. The van der Waals surface area contributed by atoms with Crippen molar-refractivity contribution >= 4 is 44.6 Å². The van der Waals surface area contributed by atoms with Gasteiger partial charge in [-0.25, -0.2) is 4.99 Å². The lowest BCUT2D eigenvalue weighted by Crippen LogP contribution is -2.13. The third-order valence-corrected chi connectivity index (χ3v) is 4.20. The molecule has 110 valence electrons. The first-order valence-electron chi connectivity index (χ1n) is 6.41. The Kier molecular flexibility index (Phi) is 3.50. The molecule has 7 heteroatoms. The normalized spacial score (nSPS) is 14.8. The van der Waals surface area contributed by atoms with Crippen molar-refractivity contribution in [2.75, 3.05) is 5.32 Å². The predicted molar refractivity (Wildman–Crippen MR) is 86.8 cm³/mol. The number of halogens is 1. The molecule has 0 saturated heterocycles. The highest BCUT2D eigenvalue weighted by Gasteiger charge is 2.28. The largest absolute Gasteiger partial charge is 0.320 e. The lowest BCUT2D eigenvalue weighted by Gasteiger charge is -2.01. The molecule has 1 N–H and O–H groups in total. The molecule has 0 radical (unpaired) electrons. The first-order valence-corrected chi connectivity index (χ1v) is 7.20. The van der Waals surface area contributed by atoms with Gasteiger partial charge in [-0.15, -0.1) is 0 Å². The highest BCUT2D eigenvalue weighted by molar-refractivity contribution is 9.10. The van der Waals surface area contributed by atoms with E-state index in [1.165, 1.54) is 18.2 Å². The average molecular weight is 360 g/mol. The number of benzene rings is 2. The number of carbonyl (C=O) groups excluding carboxylic acids is 1. The van der Waals surface area contributed by atoms with Crippen LogP contribution in [0, 0.1) is 17.0 Å². The molecule has 2 aromatic carbocycles. The van der Waals surface area contributed by atoms with Crippen LogP contribution in [-0.2, 0) is 4.79 Å². The molecule has 22 heavy (non-hydrogen) atoms. The SMILES string of the molecule is Cc1cc(N=C2C(=O)Nc3ccc([N+](=O)[O-])cc32)ccc1Br. The molecule has 0 aliphatic carbocycles. The zero-order valence-electron chi connectivity index (χ0n) is 11.5. The Balaban J connectivity index is 2.10. The zero-order valence-corrected chi connectivity index (χ0v) is 13.0. The Morgan fingerprint density at radius 3 is 2.68 bits per heavy atom. The van der Waals surface area contributed by atoms with Crippen LogP contribution in [0.4, 0.5) is 17.1 Å². The van der Waals surface area contributed by atoms with E-state index in [0.717, 1.165) is 10.0 Å². The zero-order chi connectivity index (χ0) is 15.9. The number of non-ortho nitro benzene ring substituents is 1. The number of anilines is 1. The number of aryl methyl sites for hydroxylation is 1. The molecule has 0 atom stereocenters. The van der Waals surface area contributed by atoms with E-state index in [1.807, 2.05) is 19.1 Å². The van der Waals surface area contributed by atoms with Gasteiger partial charge < -0.3 is 5.32 Å². The summed E-state index contributed by atoms with van der Waals surface area (Å²) >= 11 is 3.40. The van der Waals surface area contributed by atoms with Crippen molar-refractivity contribution in [1.82, 2.24) is 0 Å². The maximum atomic E-state index is 12.0. The minimum atomic E-state index is -0.496. The van der Waals surface area contributed by atoms with Crippen LogP contribution in [0.15, 0.2) is 45.9 Å². The lowest BCUT2D eigenvalue weighted by atomic mass is 10.1. The summed E-state index contributed by atoms with van der Waals surface area (Å²) in [7, 11) is 0. The number of carbonyl (C=O) groups is 1. The summed E-state index contributed by atoms with van der Waals surface area (Å²) in [6.45, 7) is 1.92. The summed E-state index contributed by atoms with van der Waals surface area (Å²) in [5, 5.41) is 13.5. The van der Waals surface area contributed by atoms with E-state index < -0.39 is 4.92 Å². The Morgan fingerprint density at radius 1 is 1.23 bits per heavy atom. The summed E-state index contributed by atoms with van der Waals surface area (Å²) in [6.07, 6.45) is 0. The van der Waals surface area contributed by atoms with Crippen molar-refractivity contribution in [3.63, 3.8) is 0 Å². The number of amides is 1. The van der Waals surface area contributed by atoms with Crippen molar-refractivity contribution < 1.29 is 9.72 Å². The van der Waals surface area contributed by atoms with E-state index in [1.54, 1.807) is 6.07 Å². The molecule has 0 bridgehead atoms. The van der Waals surface area contributed by atoms with Crippen molar-refractivity contribution in [2.45, 2.75) is 6.92 Å². The molecule has 1 amide bonds. The maximum absolute atomic E-state index is 12.0. The molecule has 1 heterocycles. The Morgan fingerprint density at radius 2 is 2.00 bits per heavy atom. The van der Waals surface area contributed by atoms with Gasteiger partial charge in [-0.3, -0.25) is 14.9 Å². The van der Waals surface area contributed by atoms with Crippen LogP contribution in [0.2, 0.25) is 0 Å². The molecule has 1 aliphatic heterocycles. The Bertz CT molecular complexity index is 846. The van der Waals surface area contributed by atoms with Crippen LogP contribution in [0.3, 0.4) is 0 Å². The molecule has 3 rings (SSSR count). The molecule has 2 aromatic rings. The smallest absolute Gasteiger partial charge is 0.275 e. The molecule has 6 nitrogen and oxygen atoms in total. The monoisotopic (exact) mass is 359 g/mol. The third kappa shape index (κ3) is 2.50. The summed E-state index contributed by atoms with van der Waals surface area (Å²) in [5.41, 5.74) is 2.68. The van der Waals surface area contributed by atoms with Gasteiger partial charge in [-0.1, -0.05) is 15.9 Å². The van der Waals surface area contributed by atoms with E-state index in [2.05, 4.69) is 26.2 Å². The quantitative estimate of drug-likeness (QED) is 0.654. The Hall–Kier alpha value is -2.54. The van der Waals surface area contributed by atoms with Gasteiger partial charge in [0.05, 0.1) is 16.3 Å². The topological polar surface area (TPSA) is 84.6 Å². The van der Waals surface area contributed by atoms with E-state index in [4.69, 9.17) is 0 Å². The fourth-order valence-electron chi connectivity index (χ4n) is 2.19. The Labute approximate surface area is 134 Å². The number of fused-ring (bicyclic) bond motifs is 1. The maximum Gasteiger partial charge on any atom is 0.275 e. The van der Waals surface area contributed by atoms with Gasteiger partial charge in [0.2, 0.25) is 0 Å². The van der Waals surface area contributed by atoms with Gasteiger partial charge in [0.1, 0.15) is 5.71 Å². The number of nitro benzene ring substituents is 1. The molecule has 0 unspecified atom stereocenters. The molecule has 0 aromatic heterocycles. The van der Waals surface area contributed by atoms with E-state index in [0.29, 0.717) is 16.9 Å². The number of nitro groups is 1. The number of hydrogen-bond donors (Lipinski definition) is 1. The number of aliphatic imine (C=N–C) groups is 1. The van der Waals surface area contributed by atoms with Crippen molar-refractivity contribution in [2.24, 2.45) is 4.99 Å². The highest BCUT2D eigenvalue weighted by atomic mass is 79.9. The highest BCUT2D eigenvalue weighted by Crippen LogP contribution is 2.30. The van der Waals surface area contributed by atoms with Gasteiger partial charge in [-0.2, -0.15) is 0 Å². The number of hydrogen-bond acceptors (Lipinski definition) is 4. The molecule has 1 aliphatic rings. The first kappa shape index (κ1) is 14.4. The molecular formula is C15H10BrN3O3. The van der Waals surface area contributed by atoms with E-state index in [-0.39, 0.29) is 17.3 Å². The van der Waals surface area contributed by atoms with Crippen molar-refractivity contribution in [3.8, 4) is 0 Å². The van der Waals surface area contributed by atoms with Crippen LogP contribution in [-0.4, -0.2) is 16.5 Å². The standard InChI is InChI=1S/C15H10BrN3O3/c1-8-6-9(2-4-12(8)16)17-14-11-7-10(19(21)22)3-5-13(11)18-15(14)20/h2-7H,1H3,(H,17,18,20). The summed E-state index contributed by atoms with van der Waals surface area (Å²) < 4.78 is 0.948. The van der Waals surface area contributed by atoms with Gasteiger partial charge in [0.15, 0.2) is 0 Å². The van der Waals surface area contributed by atoms with E-state index >= 15 is 0 Å². The predicted octanol–water partition coefficient (Wildman–Crippen LogP) is 3.74. The van der Waals surface area contributed by atoms with Crippen molar-refractivity contribution in [1.29, 1.82) is 0 Å². The van der Waals surface area contributed by atoms with Crippen LogP contribution in [0.25, 0.3) is 0 Å². The molecule has 0 fully saturated rings. The van der Waals surface area contributed by atoms with Crippen molar-refractivity contribution in [3.05, 3.63) is 62.1 Å². The van der Waals surface area contributed by atoms with Crippen LogP contribution in [0.1, 0.15) is 11.1 Å². The minimum Gasteiger partial charge on any atom is -0.320 e. The fourth-order valence-corrected chi connectivity index (χ4v) is 2.44.